The fourth-order valence-corrected chi connectivity index (χ4v) is 1.55. The van der Waals surface area contributed by atoms with E-state index in [1.807, 2.05) is 0 Å². The second-order valence-corrected chi connectivity index (χ2v) is 4.06. The molecule has 2 aromatic rings. The Kier molecular flexibility index (Phi) is 4.35. The third-order valence-electron chi connectivity index (χ3n) is 2.57. The van der Waals surface area contributed by atoms with Crippen LogP contribution in [0.5, 0.6) is 0 Å². The normalized spacial score (nSPS) is 10.5. The quantitative estimate of drug-likeness (QED) is 0.532. The molecule has 2 aromatic carbocycles. The van der Waals surface area contributed by atoms with Crippen molar-refractivity contribution in [2.75, 3.05) is 0 Å². The first kappa shape index (κ1) is 14.3. The molecule has 0 saturated carbocycles. The molecule has 1 amide bonds. The number of amides is 1. The van der Waals surface area contributed by atoms with Gasteiger partial charge in [0.15, 0.2) is 0 Å². The lowest BCUT2D eigenvalue weighted by Gasteiger charge is -1.99. The molecular weight excluding hydrogens is 277 g/mol. The van der Waals surface area contributed by atoms with Crippen LogP contribution in [0.25, 0.3) is 0 Å². The second-order valence-electron chi connectivity index (χ2n) is 4.06. The van der Waals surface area contributed by atoms with Gasteiger partial charge in [-0.3, -0.25) is 14.9 Å². The van der Waals surface area contributed by atoms with Crippen LogP contribution < -0.4 is 5.43 Å². The molecule has 21 heavy (non-hydrogen) atoms. The van der Waals surface area contributed by atoms with Crippen LogP contribution in [0.1, 0.15) is 15.9 Å². The molecule has 7 heteroatoms. The van der Waals surface area contributed by atoms with Gasteiger partial charge >= 0.3 is 0 Å². The molecule has 0 saturated heterocycles. The minimum atomic E-state index is -0.519. The van der Waals surface area contributed by atoms with Gasteiger partial charge in [-0.1, -0.05) is 12.1 Å². The Bertz CT molecular complexity index is 699. The number of nitro groups is 1. The molecule has 2 rings (SSSR count). The SMILES string of the molecule is O=C(N/N=C\c1cccc([N+](=O)[O-])c1)c1ccc(F)cc1. The Labute approximate surface area is 119 Å². The number of rotatable bonds is 4. The van der Waals surface area contributed by atoms with Gasteiger partial charge in [0.1, 0.15) is 5.82 Å². The van der Waals surface area contributed by atoms with Crippen LogP contribution in [-0.2, 0) is 0 Å². The number of nitrogens with zero attached hydrogens (tertiary/aromatic N) is 2. The van der Waals surface area contributed by atoms with Crippen LogP contribution in [0.3, 0.4) is 0 Å². The van der Waals surface area contributed by atoms with Crippen LogP contribution in [0.15, 0.2) is 53.6 Å². The first-order valence-electron chi connectivity index (χ1n) is 5.90. The molecule has 0 spiro atoms. The number of carbonyl (C=O) groups is 1. The van der Waals surface area contributed by atoms with E-state index in [1.165, 1.54) is 48.7 Å². The second kappa shape index (κ2) is 6.38. The van der Waals surface area contributed by atoms with Crippen molar-refractivity contribution in [2.45, 2.75) is 0 Å². The summed E-state index contributed by atoms with van der Waals surface area (Å²) in [6.45, 7) is 0. The van der Waals surface area contributed by atoms with Crippen molar-refractivity contribution in [3.8, 4) is 0 Å². The van der Waals surface area contributed by atoms with E-state index in [0.29, 0.717) is 5.56 Å². The van der Waals surface area contributed by atoms with Crippen molar-refractivity contribution < 1.29 is 14.1 Å². The Morgan fingerprint density at radius 3 is 2.62 bits per heavy atom. The van der Waals surface area contributed by atoms with E-state index in [9.17, 15) is 19.3 Å². The number of hydrogen-bond acceptors (Lipinski definition) is 4. The van der Waals surface area contributed by atoms with Gasteiger partial charge in [-0.05, 0) is 24.3 Å². The smallest absolute Gasteiger partial charge is 0.267 e. The number of nitrogens with one attached hydrogen (secondary N) is 1. The monoisotopic (exact) mass is 287 g/mol. The van der Waals surface area contributed by atoms with E-state index in [-0.39, 0.29) is 11.3 Å². The first-order chi connectivity index (χ1) is 10.1. The zero-order valence-electron chi connectivity index (χ0n) is 10.7. The Balaban J connectivity index is 2.02. The number of halogens is 1. The summed E-state index contributed by atoms with van der Waals surface area (Å²) in [5.41, 5.74) is 2.92. The lowest BCUT2D eigenvalue weighted by molar-refractivity contribution is -0.384. The predicted octanol–water partition coefficient (Wildman–Crippen LogP) is 2.50. The van der Waals surface area contributed by atoms with Crippen molar-refractivity contribution >= 4 is 17.8 Å². The maximum Gasteiger partial charge on any atom is 0.271 e. The maximum absolute atomic E-state index is 12.7. The van der Waals surface area contributed by atoms with E-state index < -0.39 is 16.6 Å². The van der Waals surface area contributed by atoms with Crippen molar-refractivity contribution in [3.05, 3.63) is 75.6 Å². The van der Waals surface area contributed by atoms with E-state index in [1.54, 1.807) is 6.07 Å². The zero-order chi connectivity index (χ0) is 15.2. The topological polar surface area (TPSA) is 84.6 Å². The first-order valence-corrected chi connectivity index (χ1v) is 5.90. The summed E-state index contributed by atoms with van der Waals surface area (Å²) in [4.78, 5) is 21.8. The van der Waals surface area contributed by atoms with Crippen LogP contribution in [0.4, 0.5) is 10.1 Å². The predicted molar refractivity (Wildman–Crippen MR) is 74.6 cm³/mol. The number of nitro benzene ring substituents is 1. The Morgan fingerprint density at radius 2 is 1.95 bits per heavy atom. The van der Waals surface area contributed by atoms with Gasteiger partial charge in [0.2, 0.25) is 0 Å². The van der Waals surface area contributed by atoms with Gasteiger partial charge in [-0.15, -0.1) is 0 Å². The molecule has 0 fully saturated rings. The highest BCUT2D eigenvalue weighted by Crippen LogP contribution is 2.11. The highest BCUT2D eigenvalue weighted by atomic mass is 19.1. The molecule has 0 atom stereocenters. The summed E-state index contributed by atoms with van der Waals surface area (Å²) in [5.74, 6) is -0.941. The molecule has 0 aliphatic rings. The molecule has 0 heterocycles. The van der Waals surface area contributed by atoms with Gasteiger partial charge in [0, 0.05) is 23.3 Å². The van der Waals surface area contributed by atoms with Crippen LogP contribution in [0, 0.1) is 15.9 Å². The van der Waals surface area contributed by atoms with Crippen molar-refractivity contribution in [1.82, 2.24) is 5.43 Å². The van der Waals surface area contributed by atoms with Gasteiger partial charge in [-0.2, -0.15) is 5.10 Å². The van der Waals surface area contributed by atoms with E-state index in [4.69, 9.17) is 0 Å². The fraction of sp³-hybridized carbons (Fsp3) is 0. The van der Waals surface area contributed by atoms with Gasteiger partial charge in [-0.25, -0.2) is 9.82 Å². The highest BCUT2D eigenvalue weighted by Gasteiger charge is 2.05. The minimum Gasteiger partial charge on any atom is -0.267 e. The van der Waals surface area contributed by atoms with Crippen LogP contribution in [-0.4, -0.2) is 17.0 Å². The number of benzene rings is 2. The number of non-ortho nitro benzene ring substituents is 1. The van der Waals surface area contributed by atoms with Gasteiger partial charge < -0.3 is 0 Å². The van der Waals surface area contributed by atoms with E-state index >= 15 is 0 Å². The molecule has 0 unspecified atom stereocenters. The molecule has 1 N–H and O–H groups in total. The highest BCUT2D eigenvalue weighted by molar-refractivity contribution is 5.94. The average molecular weight is 287 g/mol. The molecule has 0 aliphatic heterocycles. The Hall–Kier alpha value is -3.09. The zero-order valence-corrected chi connectivity index (χ0v) is 10.7. The molecule has 0 aromatic heterocycles. The van der Waals surface area contributed by atoms with E-state index in [0.717, 1.165) is 0 Å². The van der Waals surface area contributed by atoms with Crippen molar-refractivity contribution in [1.29, 1.82) is 0 Å². The summed E-state index contributed by atoms with van der Waals surface area (Å²) < 4.78 is 12.7. The standard InChI is InChI=1S/C14H10FN3O3/c15-12-6-4-11(5-7-12)14(19)17-16-9-10-2-1-3-13(8-10)18(20)21/h1-9H,(H,17,19)/b16-9-. The third kappa shape index (κ3) is 3.93. The molecular formula is C14H10FN3O3. The van der Waals surface area contributed by atoms with Crippen molar-refractivity contribution in [2.24, 2.45) is 5.10 Å². The fourth-order valence-electron chi connectivity index (χ4n) is 1.55. The van der Waals surface area contributed by atoms with Crippen LogP contribution in [0.2, 0.25) is 0 Å². The van der Waals surface area contributed by atoms with Gasteiger partial charge in [0.05, 0.1) is 11.1 Å². The summed E-state index contributed by atoms with van der Waals surface area (Å²) >= 11 is 0. The lowest BCUT2D eigenvalue weighted by Crippen LogP contribution is -2.17. The number of hydrazone groups is 1. The Morgan fingerprint density at radius 1 is 1.24 bits per heavy atom. The molecule has 0 aliphatic carbocycles. The number of carbonyl (C=O) groups excluding carboxylic acids is 1. The van der Waals surface area contributed by atoms with Crippen molar-refractivity contribution in [3.63, 3.8) is 0 Å². The third-order valence-corrected chi connectivity index (χ3v) is 2.57. The number of hydrogen-bond donors (Lipinski definition) is 1. The molecule has 6 nitrogen and oxygen atoms in total. The van der Waals surface area contributed by atoms with Gasteiger partial charge in [0.25, 0.3) is 11.6 Å². The maximum atomic E-state index is 12.7. The molecule has 0 radical (unpaired) electrons. The lowest BCUT2D eigenvalue weighted by atomic mass is 10.2. The average Bonchev–Trinajstić information content (AvgIpc) is 2.48. The van der Waals surface area contributed by atoms with Crippen LogP contribution >= 0.6 is 0 Å². The summed E-state index contributed by atoms with van der Waals surface area (Å²) in [6, 6.07) is 10.8. The molecule has 106 valence electrons. The van der Waals surface area contributed by atoms with E-state index in [2.05, 4.69) is 10.5 Å². The largest absolute Gasteiger partial charge is 0.271 e. The summed E-state index contributed by atoms with van der Waals surface area (Å²) in [6.07, 6.45) is 1.29. The minimum absolute atomic E-state index is 0.0659. The summed E-state index contributed by atoms with van der Waals surface area (Å²) in [7, 11) is 0. The summed E-state index contributed by atoms with van der Waals surface area (Å²) in [5, 5.41) is 14.3. The molecule has 0 bridgehead atoms.